The SMILES string of the molecule is CCCCCC(O)C/C=C1\CCC2Cc3c(cccc3OCC(=O)OC)CC12N. The van der Waals surface area contributed by atoms with Crippen molar-refractivity contribution in [3.8, 4) is 5.75 Å². The van der Waals surface area contributed by atoms with Crippen LogP contribution in [0.5, 0.6) is 5.75 Å². The molecule has 1 fully saturated rings. The third-order valence-electron chi connectivity index (χ3n) is 6.60. The first-order valence-electron chi connectivity index (χ1n) is 10.9. The van der Waals surface area contributed by atoms with Crippen molar-refractivity contribution < 1.29 is 19.4 Å². The van der Waals surface area contributed by atoms with Crippen LogP contribution >= 0.6 is 0 Å². The van der Waals surface area contributed by atoms with Gasteiger partial charge in [0.1, 0.15) is 5.75 Å². The van der Waals surface area contributed by atoms with E-state index in [1.807, 2.05) is 12.1 Å². The Kier molecular flexibility index (Phi) is 7.36. The minimum absolute atomic E-state index is 0.0769. The maximum absolute atomic E-state index is 11.4. The second-order valence-electron chi connectivity index (χ2n) is 8.53. The van der Waals surface area contributed by atoms with E-state index in [-0.39, 0.29) is 24.2 Å². The third kappa shape index (κ3) is 5.01. The van der Waals surface area contributed by atoms with E-state index in [2.05, 4.69) is 23.8 Å². The van der Waals surface area contributed by atoms with Crippen LogP contribution in [-0.4, -0.2) is 36.4 Å². The predicted octanol–water partition coefficient (Wildman–Crippen LogP) is 3.70. The maximum Gasteiger partial charge on any atom is 0.343 e. The normalized spacial score (nSPS) is 25.4. The number of unbranched alkanes of at least 4 members (excludes halogenated alkanes) is 2. The number of benzene rings is 1. The lowest BCUT2D eigenvalue weighted by Crippen LogP contribution is -2.50. The molecule has 0 radical (unpaired) electrons. The molecule has 5 nitrogen and oxygen atoms in total. The first-order chi connectivity index (χ1) is 14.0. The number of carbonyl (C=O) groups is 1. The largest absolute Gasteiger partial charge is 0.482 e. The second-order valence-corrected chi connectivity index (χ2v) is 8.53. The van der Waals surface area contributed by atoms with Gasteiger partial charge in [0.25, 0.3) is 0 Å². The zero-order valence-corrected chi connectivity index (χ0v) is 17.8. The Balaban J connectivity index is 1.70. The molecule has 160 valence electrons. The minimum Gasteiger partial charge on any atom is -0.482 e. The highest BCUT2D eigenvalue weighted by molar-refractivity contribution is 5.71. The molecule has 3 unspecified atom stereocenters. The van der Waals surface area contributed by atoms with Gasteiger partial charge in [-0.15, -0.1) is 0 Å². The quantitative estimate of drug-likeness (QED) is 0.375. The zero-order chi connectivity index (χ0) is 20.9. The number of carbonyl (C=O) groups excluding carboxylic acids is 1. The highest BCUT2D eigenvalue weighted by atomic mass is 16.6. The van der Waals surface area contributed by atoms with Gasteiger partial charge >= 0.3 is 5.97 Å². The summed E-state index contributed by atoms with van der Waals surface area (Å²) in [7, 11) is 1.36. The molecule has 1 aromatic rings. The second kappa shape index (κ2) is 9.77. The van der Waals surface area contributed by atoms with E-state index < -0.39 is 0 Å². The van der Waals surface area contributed by atoms with E-state index in [4.69, 9.17) is 10.5 Å². The van der Waals surface area contributed by atoms with Crippen molar-refractivity contribution >= 4 is 5.97 Å². The van der Waals surface area contributed by atoms with E-state index in [1.54, 1.807) is 0 Å². The summed E-state index contributed by atoms with van der Waals surface area (Å²) in [5.41, 5.74) is 10.3. The standard InChI is InChI=1S/C24H35NO4/c1-3-4-5-8-20(26)13-12-18-10-11-19-14-21-17(15-24(18,19)25)7-6-9-22(21)29-16-23(27)28-2/h6-7,9,12,19-20,26H,3-5,8,10-11,13-16,25H2,1-2H3/b18-12+. The van der Waals surface area contributed by atoms with Crippen LogP contribution in [0.2, 0.25) is 0 Å². The number of aliphatic hydroxyl groups is 1. The van der Waals surface area contributed by atoms with Crippen LogP contribution in [0.25, 0.3) is 0 Å². The van der Waals surface area contributed by atoms with Crippen molar-refractivity contribution in [2.45, 2.75) is 76.4 Å². The number of fused-ring (bicyclic) bond motifs is 2. The third-order valence-corrected chi connectivity index (χ3v) is 6.60. The van der Waals surface area contributed by atoms with Gasteiger partial charge in [-0.1, -0.05) is 50.0 Å². The number of hydrogen-bond acceptors (Lipinski definition) is 5. The fourth-order valence-corrected chi connectivity index (χ4v) is 4.84. The molecular weight excluding hydrogens is 366 g/mol. The Morgan fingerprint density at radius 3 is 3.00 bits per heavy atom. The number of hydrogen-bond donors (Lipinski definition) is 2. The van der Waals surface area contributed by atoms with Crippen molar-refractivity contribution in [3.05, 3.63) is 41.0 Å². The van der Waals surface area contributed by atoms with E-state index >= 15 is 0 Å². The van der Waals surface area contributed by atoms with Crippen molar-refractivity contribution in [1.29, 1.82) is 0 Å². The van der Waals surface area contributed by atoms with Crippen LogP contribution in [0.3, 0.4) is 0 Å². The van der Waals surface area contributed by atoms with Gasteiger partial charge in [0.05, 0.1) is 13.2 Å². The Hall–Kier alpha value is -1.85. The summed E-state index contributed by atoms with van der Waals surface area (Å²) in [6.07, 6.45) is 10.6. The first kappa shape index (κ1) is 21.8. The molecule has 0 spiro atoms. The van der Waals surface area contributed by atoms with Gasteiger partial charge in [-0.3, -0.25) is 0 Å². The Labute approximate surface area is 174 Å². The molecule has 2 aliphatic carbocycles. The molecule has 0 heterocycles. The van der Waals surface area contributed by atoms with Crippen molar-refractivity contribution in [3.63, 3.8) is 0 Å². The van der Waals surface area contributed by atoms with Crippen LogP contribution in [0.1, 0.15) is 63.0 Å². The van der Waals surface area contributed by atoms with Crippen molar-refractivity contribution in [2.24, 2.45) is 11.7 Å². The summed E-state index contributed by atoms with van der Waals surface area (Å²) in [4.78, 5) is 11.4. The molecule has 5 heteroatoms. The average molecular weight is 402 g/mol. The molecule has 0 bridgehead atoms. The highest BCUT2D eigenvalue weighted by Crippen LogP contribution is 2.48. The van der Waals surface area contributed by atoms with Gasteiger partial charge in [0, 0.05) is 5.54 Å². The predicted molar refractivity (Wildman–Crippen MR) is 114 cm³/mol. The van der Waals surface area contributed by atoms with Gasteiger partial charge in [-0.25, -0.2) is 4.79 Å². The summed E-state index contributed by atoms with van der Waals surface area (Å²) in [5.74, 6) is 0.746. The fraction of sp³-hybridized carbons (Fsp3) is 0.625. The van der Waals surface area contributed by atoms with E-state index in [1.165, 1.54) is 36.7 Å². The van der Waals surface area contributed by atoms with Crippen LogP contribution in [0.4, 0.5) is 0 Å². The fourth-order valence-electron chi connectivity index (χ4n) is 4.84. The van der Waals surface area contributed by atoms with E-state index in [0.717, 1.165) is 44.3 Å². The van der Waals surface area contributed by atoms with Gasteiger partial charge < -0.3 is 20.3 Å². The van der Waals surface area contributed by atoms with Crippen LogP contribution in [0, 0.1) is 5.92 Å². The minimum atomic E-state index is -0.379. The molecule has 1 aromatic carbocycles. The lowest BCUT2D eigenvalue weighted by Gasteiger charge is -2.39. The topological polar surface area (TPSA) is 81.8 Å². The molecule has 0 aromatic heterocycles. The van der Waals surface area contributed by atoms with Gasteiger partial charge in [0.15, 0.2) is 6.61 Å². The number of ether oxygens (including phenoxy) is 2. The molecule has 0 amide bonds. The highest BCUT2D eigenvalue weighted by Gasteiger charge is 2.46. The van der Waals surface area contributed by atoms with Crippen molar-refractivity contribution in [2.75, 3.05) is 13.7 Å². The Bertz CT molecular complexity index is 744. The molecule has 3 rings (SSSR count). The van der Waals surface area contributed by atoms with Crippen LogP contribution < -0.4 is 10.5 Å². The molecular formula is C24H35NO4. The first-order valence-corrected chi connectivity index (χ1v) is 10.9. The number of nitrogens with two attached hydrogens (primary N) is 1. The lowest BCUT2D eigenvalue weighted by atomic mass is 9.71. The molecule has 0 saturated heterocycles. The Morgan fingerprint density at radius 1 is 1.41 bits per heavy atom. The molecule has 1 saturated carbocycles. The molecule has 3 N–H and O–H groups in total. The molecule has 0 aliphatic heterocycles. The smallest absolute Gasteiger partial charge is 0.343 e. The summed E-state index contributed by atoms with van der Waals surface area (Å²) in [6, 6.07) is 6.00. The lowest BCUT2D eigenvalue weighted by molar-refractivity contribution is -0.142. The van der Waals surface area contributed by atoms with Gasteiger partial charge in [0.2, 0.25) is 0 Å². The zero-order valence-electron chi connectivity index (χ0n) is 17.8. The summed E-state index contributed by atoms with van der Waals surface area (Å²) < 4.78 is 10.4. The molecule has 29 heavy (non-hydrogen) atoms. The molecule has 2 aliphatic rings. The Morgan fingerprint density at radius 2 is 2.24 bits per heavy atom. The average Bonchev–Trinajstić information content (AvgIpc) is 3.03. The van der Waals surface area contributed by atoms with E-state index in [0.29, 0.717) is 12.3 Å². The van der Waals surface area contributed by atoms with Crippen molar-refractivity contribution in [1.82, 2.24) is 0 Å². The maximum atomic E-state index is 11.4. The number of esters is 1. The monoisotopic (exact) mass is 401 g/mol. The summed E-state index contributed by atoms with van der Waals surface area (Å²) >= 11 is 0. The van der Waals surface area contributed by atoms with Crippen LogP contribution in [0.15, 0.2) is 29.8 Å². The van der Waals surface area contributed by atoms with Crippen LogP contribution in [-0.2, 0) is 22.4 Å². The van der Waals surface area contributed by atoms with Gasteiger partial charge in [-0.2, -0.15) is 0 Å². The number of rotatable bonds is 9. The summed E-state index contributed by atoms with van der Waals surface area (Å²) in [6.45, 7) is 2.10. The summed E-state index contributed by atoms with van der Waals surface area (Å²) in [5, 5.41) is 10.3. The number of aliphatic hydroxyl groups excluding tert-OH is 1. The van der Waals surface area contributed by atoms with E-state index in [9.17, 15) is 9.90 Å². The molecule has 3 atom stereocenters. The number of methoxy groups -OCH3 is 1. The van der Waals surface area contributed by atoms with Gasteiger partial charge in [-0.05, 0) is 61.6 Å².